The zero-order chi connectivity index (χ0) is 33.9. The molecule has 1 amide bonds. The van der Waals surface area contributed by atoms with Crippen LogP contribution in [0, 0.1) is 5.41 Å². The molecule has 2 aromatic rings. The van der Waals surface area contributed by atoms with Gasteiger partial charge in [0.25, 0.3) is 0 Å². The molecule has 2 N–H and O–H groups in total. The van der Waals surface area contributed by atoms with Crippen molar-refractivity contribution in [1.29, 1.82) is 0 Å². The Hall–Kier alpha value is -1.97. The van der Waals surface area contributed by atoms with Crippen molar-refractivity contribution < 1.29 is 40.1 Å². The molecular formula is C29H46F6N4O3SSi. The van der Waals surface area contributed by atoms with E-state index >= 15 is 0 Å². The molecule has 0 bridgehead atoms. The predicted octanol–water partition coefficient (Wildman–Crippen LogP) is 7.94. The second-order valence-electron chi connectivity index (χ2n) is 14.0. The summed E-state index contributed by atoms with van der Waals surface area (Å²) in [5.74, 6) is -0.552. The maximum Gasteiger partial charge on any atom is 0.394 e. The summed E-state index contributed by atoms with van der Waals surface area (Å²) in [5, 5.41) is 2.57. The molecule has 0 saturated carbocycles. The van der Waals surface area contributed by atoms with Gasteiger partial charge in [-0.1, -0.05) is 39.6 Å². The largest absolute Gasteiger partial charge is 0.394 e. The van der Waals surface area contributed by atoms with Gasteiger partial charge in [0.15, 0.2) is 0 Å². The van der Waals surface area contributed by atoms with Crippen LogP contribution in [0.15, 0.2) is 18.2 Å². The highest BCUT2D eigenvalue weighted by molar-refractivity contribution is 7.84. The Labute approximate surface area is 259 Å². The summed E-state index contributed by atoms with van der Waals surface area (Å²) in [4.78, 5) is 16.9. The molecule has 0 fully saturated rings. The van der Waals surface area contributed by atoms with Gasteiger partial charge in [-0.15, -0.1) is 0 Å². The third kappa shape index (κ3) is 11.4. The summed E-state index contributed by atoms with van der Waals surface area (Å²) in [5.41, 5.74) is -0.660. The standard InChI is InChI=1S/C29H46F6N4O3SSi/c1-19(36-24(40)12-13-28(30,31)32)20-10-11-21-23(16-20)39(18-42-14-15-44(7,8)9)25(37-21)22(38-43(41)26(2,3)4)17-27(5,6)29(33,34)35/h10-11,16,19,22,38H,12-15,17-18H2,1-9H3,(H,36,40)/t19-,22+,43-/m1/s1. The number of halogens is 6. The minimum Gasteiger partial charge on any atom is -0.361 e. The van der Waals surface area contributed by atoms with Crippen LogP contribution in [-0.2, 0) is 27.2 Å². The fourth-order valence-electron chi connectivity index (χ4n) is 4.13. The number of imidazole rings is 1. The van der Waals surface area contributed by atoms with Crippen LogP contribution >= 0.6 is 0 Å². The molecule has 2 rings (SSSR count). The number of nitrogens with one attached hydrogen (secondary N) is 2. The van der Waals surface area contributed by atoms with E-state index in [-0.39, 0.29) is 12.6 Å². The normalized spacial score (nSPS) is 15.8. The fourth-order valence-corrected chi connectivity index (χ4v) is 5.69. The lowest BCUT2D eigenvalue weighted by Crippen LogP contribution is -2.41. The van der Waals surface area contributed by atoms with Crippen LogP contribution in [0.3, 0.4) is 0 Å². The monoisotopic (exact) mass is 672 g/mol. The molecule has 1 heterocycles. The highest BCUT2D eigenvalue weighted by Crippen LogP contribution is 2.44. The van der Waals surface area contributed by atoms with E-state index in [4.69, 9.17) is 4.74 Å². The summed E-state index contributed by atoms with van der Waals surface area (Å²) >= 11 is 0. The van der Waals surface area contributed by atoms with Gasteiger partial charge in [0.2, 0.25) is 5.91 Å². The quantitative estimate of drug-likeness (QED) is 0.121. The van der Waals surface area contributed by atoms with Crippen LogP contribution < -0.4 is 10.0 Å². The summed E-state index contributed by atoms with van der Waals surface area (Å²) in [6, 6.07) is 4.08. The van der Waals surface area contributed by atoms with Crippen molar-refractivity contribution in [3.8, 4) is 0 Å². The number of aromatic nitrogens is 2. The minimum absolute atomic E-state index is 0.0428. The third-order valence-corrected chi connectivity index (χ3v) is 10.4. The lowest BCUT2D eigenvalue weighted by atomic mass is 9.85. The first-order valence-electron chi connectivity index (χ1n) is 14.5. The van der Waals surface area contributed by atoms with Crippen molar-refractivity contribution in [3.63, 3.8) is 0 Å². The molecule has 0 saturated heterocycles. The summed E-state index contributed by atoms with van der Waals surface area (Å²) in [6.45, 7) is 15.9. The molecule has 1 aromatic heterocycles. The van der Waals surface area contributed by atoms with Gasteiger partial charge in [-0.05, 0) is 57.9 Å². The highest BCUT2D eigenvalue weighted by Gasteiger charge is 2.49. The average molecular weight is 673 g/mol. The van der Waals surface area contributed by atoms with Crippen molar-refractivity contribution in [2.75, 3.05) is 6.61 Å². The SMILES string of the molecule is C[C@@H](NC(=O)CCC(F)(F)F)c1ccc2nc([C@H](CC(C)(C)C(F)(F)F)N[S@](=O)C(C)(C)C)n(COCC[Si](C)(C)C)c2c1. The van der Waals surface area contributed by atoms with Gasteiger partial charge < -0.3 is 14.6 Å². The number of amides is 1. The smallest absolute Gasteiger partial charge is 0.361 e. The summed E-state index contributed by atoms with van der Waals surface area (Å²) in [6.07, 6.45) is -11.4. The van der Waals surface area contributed by atoms with E-state index in [1.807, 2.05) is 0 Å². The van der Waals surface area contributed by atoms with E-state index in [9.17, 15) is 35.3 Å². The first kappa shape index (κ1) is 38.2. The predicted molar refractivity (Wildman–Crippen MR) is 164 cm³/mol. The van der Waals surface area contributed by atoms with E-state index in [1.165, 1.54) is 0 Å². The molecule has 0 unspecified atom stereocenters. The van der Waals surface area contributed by atoms with Crippen LogP contribution in [-0.4, -0.2) is 51.4 Å². The summed E-state index contributed by atoms with van der Waals surface area (Å²) < 4.78 is 103. The van der Waals surface area contributed by atoms with Crippen LogP contribution in [0.5, 0.6) is 0 Å². The van der Waals surface area contributed by atoms with Gasteiger partial charge >= 0.3 is 12.4 Å². The van der Waals surface area contributed by atoms with Gasteiger partial charge in [-0.3, -0.25) is 4.79 Å². The van der Waals surface area contributed by atoms with Crippen molar-refractivity contribution >= 4 is 36.0 Å². The van der Waals surface area contributed by atoms with Crippen LogP contribution in [0.1, 0.15) is 84.3 Å². The van der Waals surface area contributed by atoms with Crippen LogP contribution in [0.2, 0.25) is 25.7 Å². The molecule has 1 aromatic carbocycles. The minimum atomic E-state index is -4.55. The number of hydrogen-bond acceptors (Lipinski definition) is 4. The van der Waals surface area contributed by atoms with Gasteiger partial charge in [0.1, 0.15) is 12.6 Å². The van der Waals surface area contributed by atoms with Gasteiger partial charge in [0.05, 0.1) is 50.7 Å². The van der Waals surface area contributed by atoms with E-state index in [0.717, 1.165) is 19.9 Å². The van der Waals surface area contributed by atoms with Crippen molar-refractivity contribution in [3.05, 3.63) is 29.6 Å². The Morgan fingerprint density at radius 1 is 1.07 bits per heavy atom. The van der Waals surface area contributed by atoms with Crippen LogP contribution in [0.4, 0.5) is 26.3 Å². The topological polar surface area (TPSA) is 85.3 Å². The lowest BCUT2D eigenvalue weighted by molar-refractivity contribution is -0.215. The van der Waals surface area contributed by atoms with Gasteiger partial charge in [-0.25, -0.2) is 13.9 Å². The maximum atomic E-state index is 14.1. The third-order valence-electron chi connectivity index (χ3n) is 7.13. The number of carbonyl (C=O) groups is 1. The first-order valence-corrected chi connectivity index (χ1v) is 19.4. The Morgan fingerprint density at radius 2 is 1.68 bits per heavy atom. The average Bonchev–Trinajstić information content (AvgIpc) is 3.20. The number of nitrogens with zero attached hydrogens (tertiary/aromatic N) is 2. The molecule has 7 nitrogen and oxygen atoms in total. The zero-order valence-electron chi connectivity index (χ0n) is 26.9. The molecule has 0 aliphatic heterocycles. The van der Waals surface area contributed by atoms with Gasteiger partial charge in [-0.2, -0.15) is 26.3 Å². The Bertz CT molecular complexity index is 1300. The molecule has 0 aliphatic rings. The maximum absolute atomic E-state index is 14.1. The van der Waals surface area contributed by atoms with E-state index < -0.39 is 78.8 Å². The molecule has 15 heteroatoms. The second kappa shape index (κ2) is 14.2. The number of carbonyl (C=O) groups excluding carboxylic acids is 1. The van der Waals surface area contributed by atoms with Crippen molar-refractivity contribution in [2.24, 2.45) is 5.41 Å². The Kier molecular flexibility index (Phi) is 12.3. The second-order valence-corrected chi connectivity index (χ2v) is 21.7. The van der Waals surface area contributed by atoms with E-state index in [2.05, 4.69) is 34.7 Å². The Morgan fingerprint density at radius 3 is 2.20 bits per heavy atom. The van der Waals surface area contributed by atoms with E-state index in [1.54, 1.807) is 50.5 Å². The number of benzene rings is 1. The van der Waals surface area contributed by atoms with E-state index in [0.29, 0.717) is 23.2 Å². The number of alkyl halides is 6. The molecule has 252 valence electrons. The molecule has 0 aliphatic carbocycles. The van der Waals surface area contributed by atoms with Crippen molar-refractivity contribution in [2.45, 2.75) is 122 Å². The fraction of sp³-hybridized carbons (Fsp3) is 0.724. The molecular weight excluding hydrogens is 626 g/mol. The first-order chi connectivity index (χ1) is 19.8. The molecule has 44 heavy (non-hydrogen) atoms. The molecule has 0 spiro atoms. The summed E-state index contributed by atoms with van der Waals surface area (Å²) in [7, 11) is -3.20. The number of ether oxygens (including phenoxy) is 1. The lowest BCUT2D eigenvalue weighted by Gasteiger charge is -2.33. The number of rotatable bonds is 14. The van der Waals surface area contributed by atoms with Crippen LogP contribution in [0.25, 0.3) is 11.0 Å². The molecule has 3 atom stereocenters. The Balaban J connectivity index is 2.59. The molecule has 0 radical (unpaired) electrons. The number of fused-ring (bicyclic) bond motifs is 1. The van der Waals surface area contributed by atoms with Crippen molar-refractivity contribution in [1.82, 2.24) is 19.6 Å². The van der Waals surface area contributed by atoms with Gasteiger partial charge in [0, 0.05) is 21.1 Å². The highest BCUT2D eigenvalue weighted by atomic mass is 32.2. The zero-order valence-corrected chi connectivity index (χ0v) is 28.7. The number of hydrogen-bond donors (Lipinski definition) is 2.